The number of non-ortho nitro benzene ring substituents is 1. The van der Waals surface area contributed by atoms with Gasteiger partial charge in [0.15, 0.2) is 0 Å². The van der Waals surface area contributed by atoms with Gasteiger partial charge in [0, 0.05) is 30.9 Å². The Balaban J connectivity index is 2.20. The summed E-state index contributed by atoms with van der Waals surface area (Å²) in [4.78, 5) is 22.1. The number of nitro benzene ring substituents is 1. The van der Waals surface area contributed by atoms with Crippen LogP contribution in [0.3, 0.4) is 0 Å². The first-order valence-electron chi connectivity index (χ1n) is 6.25. The highest BCUT2D eigenvalue weighted by Crippen LogP contribution is 2.22. The number of nitrogens with zero attached hydrogens (tertiary/aromatic N) is 1. The molecule has 108 valence electrons. The number of nitro groups is 1. The molecule has 20 heavy (non-hydrogen) atoms. The van der Waals surface area contributed by atoms with Crippen molar-refractivity contribution in [2.24, 2.45) is 0 Å². The Bertz CT molecular complexity index is 541. The van der Waals surface area contributed by atoms with Gasteiger partial charge in [-0.3, -0.25) is 14.9 Å². The van der Waals surface area contributed by atoms with Crippen LogP contribution in [-0.4, -0.2) is 29.6 Å². The van der Waals surface area contributed by atoms with Crippen LogP contribution in [-0.2, 0) is 4.74 Å². The first-order valence-corrected chi connectivity index (χ1v) is 6.25. The van der Waals surface area contributed by atoms with Crippen molar-refractivity contribution in [1.82, 2.24) is 5.32 Å². The van der Waals surface area contributed by atoms with Gasteiger partial charge >= 0.3 is 0 Å². The number of carbonyl (C=O) groups is 1. The molecule has 0 saturated carbocycles. The molecule has 0 aromatic heterocycles. The molecule has 1 heterocycles. The topological polar surface area (TPSA) is 81.5 Å². The summed E-state index contributed by atoms with van der Waals surface area (Å²) in [5, 5.41) is 13.4. The molecule has 1 N–H and O–H groups in total. The van der Waals surface area contributed by atoms with Gasteiger partial charge in [-0.25, -0.2) is 4.39 Å². The van der Waals surface area contributed by atoms with Gasteiger partial charge in [-0.05, 0) is 25.8 Å². The van der Waals surface area contributed by atoms with E-state index in [0.29, 0.717) is 26.1 Å². The number of amides is 1. The largest absolute Gasteiger partial charge is 0.381 e. The fourth-order valence-electron chi connectivity index (χ4n) is 2.09. The van der Waals surface area contributed by atoms with Crippen LogP contribution in [0, 0.1) is 15.9 Å². The Kier molecular flexibility index (Phi) is 3.99. The van der Waals surface area contributed by atoms with Crippen LogP contribution < -0.4 is 5.32 Å². The molecule has 6 nitrogen and oxygen atoms in total. The molecule has 0 aliphatic carbocycles. The molecule has 0 atom stereocenters. The highest BCUT2D eigenvalue weighted by atomic mass is 19.1. The quantitative estimate of drug-likeness (QED) is 0.679. The van der Waals surface area contributed by atoms with Crippen molar-refractivity contribution >= 4 is 11.6 Å². The van der Waals surface area contributed by atoms with Crippen molar-refractivity contribution in [1.29, 1.82) is 0 Å². The average molecular weight is 282 g/mol. The first kappa shape index (κ1) is 14.4. The maximum Gasteiger partial charge on any atom is 0.270 e. The average Bonchev–Trinajstić information content (AvgIpc) is 2.39. The minimum absolute atomic E-state index is 0.311. The van der Waals surface area contributed by atoms with Gasteiger partial charge in [0.25, 0.3) is 11.6 Å². The summed E-state index contributed by atoms with van der Waals surface area (Å²) in [6, 6.07) is 2.91. The van der Waals surface area contributed by atoms with Crippen LogP contribution in [0.25, 0.3) is 0 Å². The molecule has 0 bridgehead atoms. The lowest BCUT2D eigenvalue weighted by molar-refractivity contribution is -0.384. The monoisotopic (exact) mass is 282 g/mol. The van der Waals surface area contributed by atoms with E-state index in [1.165, 1.54) is 0 Å². The zero-order chi connectivity index (χ0) is 14.8. The normalized spacial score (nSPS) is 17.5. The van der Waals surface area contributed by atoms with E-state index in [0.717, 1.165) is 18.2 Å². The van der Waals surface area contributed by atoms with E-state index in [2.05, 4.69) is 5.32 Å². The third-order valence-electron chi connectivity index (χ3n) is 3.42. The molecule has 7 heteroatoms. The third-order valence-corrected chi connectivity index (χ3v) is 3.42. The molecule has 1 aliphatic rings. The second kappa shape index (κ2) is 5.54. The predicted molar refractivity (Wildman–Crippen MR) is 69.0 cm³/mol. The van der Waals surface area contributed by atoms with Gasteiger partial charge in [-0.2, -0.15) is 0 Å². The fourth-order valence-corrected chi connectivity index (χ4v) is 2.09. The number of hydrogen-bond donors (Lipinski definition) is 1. The van der Waals surface area contributed by atoms with Gasteiger partial charge in [-0.1, -0.05) is 0 Å². The molecule has 0 unspecified atom stereocenters. The van der Waals surface area contributed by atoms with E-state index in [1.807, 2.05) is 6.92 Å². The Morgan fingerprint density at radius 3 is 2.70 bits per heavy atom. The number of ether oxygens (including phenoxy) is 1. The predicted octanol–water partition coefficient (Wildman–Crippen LogP) is 2.03. The van der Waals surface area contributed by atoms with Crippen LogP contribution in [0.15, 0.2) is 18.2 Å². The Morgan fingerprint density at radius 1 is 1.45 bits per heavy atom. The Labute approximate surface area is 115 Å². The molecule has 1 aromatic carbocycles. The molecule has 1 amide bonds. The molecular weight excluding hydrogens is 267 g/mol. The number of nitrogens with one attached hydrogen (secondary N) is 1. The van der Waals surface area contributed by atoms with Crippen molar-refractivity contribution in [2.75, 3.05) is 13.2 Å². The summed E-state index contributed by atoms with van der Waals surface area (Å²) in [7, 11) is 0. The fraction of sp³-hybridized carbons (Fsp3) is 0.462. The SMILES string of the molecule is CC1(NC(=O)c2cc([N+](=O)[O-])ccc2F)CCOCC1. The van der Waals surface area contributed by atoms with Crippen molar-refractivity contribution in [3.05, 3.63) is 39.7 Å². The van der Waals surface area contributed by atoms with Crippen molar-refractivity contribution in [3.8, 4) is 0 Å². The Hall–Kier alpha value is -2.02. The van der Waals surface area contributed by atoms with E-state index < -0.39 is 22.2 Å². The van der Waals surface area contributed by atoms with E-state index in [4.69, 9.17) is 4.74 Å². The molecule has 1 aromatic rings. The second-order valence-corrected chi connectivity index (χ2v) is 5.05. The highest BCUT2D eigenvalue weighted by molar-refractivity contribution is 5.95. The van der Waals surface area contributed by atoms with E-state index in [9.17, 15) is 19.3 Å². The van der Waals surface area contributed by atoms with Gasteiger partial charge < -0.3 is 10.1 Å². The summed E-state index contributed by atoms with van der Waals surface area (Å²) >= 11 is 0. The van der Waals surface area contributed by atoms with Gasteiger partial charge in [0.05, 0.1) is 10.5 Å². The van der Waals surface area contributed by atoms with E-state index >= 15 is 0 Å². The first-order chi connectivity index (χ1) is 9.41. The number of carbonyl (C=O) groups excluding carboxylic acids is 1. The minimum Gasteiger partial charge on any atom is -0.381 e. The summed E-state index contributed by atoms with van der Waals surface area (Å²) in [5.41, 5.74) is -1.10. The molecule has 2 rings (SSSR count). The van der Waals surface area contributed by atoms with E-state index in [-0.39, 0.29) is 11.3 Å². The summed E-state index contributed by atoms with van der Waals surface area (Å²) in [6.07, 6.45) is 1.24. The maximum absolute atomic E-state index is 13.7. The molecule has 0 radical (unpaired) electrons. The van der Waals surface area contributed by atoms with Crippen LogP contribution in [0.1, 0.15) is 30.1 Å². The molecular formula is C13H15FN2O4. The van der Waals surface area contributed by atoms with E-state index in [1.54, 1.807) is 0 Å². The zero-order valence-corrected chi connectivity index (χ0v) is 11.0. The van der Waals surface area contributed by atoms with Gasteiger partial charge in [-0.15, -0.1) is 0 Å². The van der Waals surface area contributed by atoms with Crippen molar-refractivity contribution < 1.29 is 18.8 Å². The summed E-state index contributed by atoms with van der Waals surface area (Å²) in [6.45, 7) is 2.89. The lowest BCUT2D eigenvalue weighted by Gasteiger charge is -2.34. The maximum atomic E-state index is 13.7. The molecule has 1 fully saturated rings. The van der Waals surface area contributed by atoms with Crippen molar-refractivity contribution in [3.63, 3.8) is 0 Å². The number of benzene rings is 1. The van der Waals surface area contributed by atoms with Gasteiger partial charge in [0.2, 0.25) is 0 Å². The van der Waals surface area contributed by atoms with Crippen LogP contribution in [0.4, 0.5) is 10.1 Å². The van der Waals surface area contributed by atoms with Crippen LogP contribution in [0.5, 0.6) is 0 Å². The Morgan fingerprint density at radius 2 is 2.10 bits per heavy atom. The van der Waals surface area contributed by atoms with Crippen LogP contribution >= 0.6 is 0 Å². The van der Waals surface area contributed by atoms with Crippen LogP contribution in [0.2, 0.25) is 0 Å². The second-order valence-electron chi connectivity index (χ2n) is 5.05. The number of halogens is 1. The molecule has 0 spiro atoms. The van der Waals surface area contributed by atoms with Crippen molar-refractivity contribution in [2.45, 2.75) is 25.3 Å². The zero-order valence-electron chi connectivity index (χ0n) is 11.0. The number of rotatable bonds is 3. The number of hydrogen-bond acceptors (Lipinski definition) is 4. The third kappa shape index (κ3) is 3.11. The molecule has 1 aliphatic heterocycles. The standard InChI is InChI=1S/C13H15FN2O4/c1-13(4-6-20-7-5-13)15-12(17)10-8-9(16(18)19)2-3-11(10)14/h2-3,8H,4-7H2,1H3,(H,15,17). The lowest BCUT2D eigenvalue weighted by atomic mass is 9.92. The lowest BCUT2D eigenvalue weighted by Crippen LogP contribution is -2.49. The summed E-state index contributed by atoms with van der Waals surface area (Å²) < 4.78 is 18.9. The highest BCUT2D eigenvalue weighted by Gasteiger charge is 2.30. The smallest absolute Gasteiger partial charge is 0.270 e. The molecule has 1 saturated heterocycles. The summed E-state index contributed by atoms with van der Waals surface area (Å²) in [5.74, 6) is -1.42. The van der Waals surface area contributed by atoms with Gasteiger partial charge in [0.1, 0.15) is 5.82 Å². The minimum atomic E-state index is -0.774.